The minimum absolute atomic E-state index is 0.149. The number of carbonyl (C=O) groups excluding carboxylic acids is 1. The van der Waals surface area contributed by atoms with Gasteiger partial charge in [0.1, 0.15) is 17.2 Å². The lowest BCUT2D eigenvalue weighted by atomic mass is 9.97. The van der Waals surface area contributed by atoms with Crippen LogP contribution in [0.5, 0.6) is 0 Å². The van der Waals surface area contributed by atoms with E-state index in [0.29, 0.717) is 12.5 Å². The fraction of sp³-hybridized carbons (Fsp3) is 0.579. The first-order chi connectivity index (χ1) is 12.6. The summed E-state index contributed by atoms with van der Waals surface area (Å²) in [5.74, 6) is 1.92. The van der Waals surface area contributed by atoms with Crippen LogP contribution in [0.15, 0.2) is 23.4 Å². The summed E-state index contributed by atoms with van der Waals surface area (Å²) >= 11 is 0. The Kier molecular flexibility index (Phi) is 4.61. The monoisotopic (exact) mass is 355 g/mol. The van der Waals surface area contributed by atoms with E-state index in [1.54, 1.807) is 6.20 Å². The Morgan fingerprint density at radius 1 is 1.27 bits per heavy atom. The molecular formula is C19H25N5O2. The van der Waals surface area contributed by atoms with E-state index >= 15 is 0 Å². The molecule has 1 aliphatic carbocycles. The van der Waals surface area contributed by atoms with Crippen molar-refractivity contribution in [1.82, 2.24) is 24.4 Å². The number of aromatic nitrogens is 4. The molecule has 4 rings (SSSR count). The largest absolute Gasteiger partial charge is 0.338 e. The highest BCUT2D eigenvalue weighted by Gasteiger charge is 2.31. The molecule has 0 radical (unpaired) electrons. The molecule has 2 aromatic heterocycles. The molecule has 26 heavy (non-hydrogen) atoms. The first-order valence-electron chi connectivity index (χ1n) is 9.50. The van der Waals surface area contributed by atoms with Gasteiger partial charge in [0.25, 0.3) is 11.5 Å². The quantitative estimate of drug-likeness (QED) is 0.889. The van der Waals surface area contributed by atoms with Crippen LogP contribution in [0.4, 0.5) is 0 Å². The predicted octanol–water partition coefficient (Wildman–Crippen LogP) is 2.01. The highest BCUT2D eigenvalue weighted by atomic mass is 16.2. The Morgan fingerprint density at radius 3 is 2.81 bits per heavy atom. The lowest BCUT2D eigenvalue weighted by Gasteiger charge is -2.35. The predicted molar refractivity (Wildman–Crippen MR) is 97.0 cm³/mol. The Morgan fingerprint density at radius 2 is 2.12 bits per heavy atom. The molecule has 2 aromatic rings. The third-order valence-electron chi connectivity index (χ3n) is 5.52. The van der Waals surface area contributed by atoms with Crippen LogP contribution >= 0.6 is 0 Å². The molecule has 1 saturated carbocycles. The van der Waals surface area contributed by atoms with Crippen molar-refractivity contribution in [3.8, 4) is 0 Å². The number of likely N-dealkylation sites (tertiary alicyclic amines) is 1. The van der Waals surface area contributed by atoms with Crippen LogP contribution < -0.4 is 5.56 Å². The Hall–Kier alpha value is -2.44. The standard InChI is InChI=1S/C19H25N5O2/c1-23-11-9-20-16(23)8-7-14-4-2-3-10-24(14)19(26)15-12-21-17(13-5-6-13)22-18(15)25/h9,11-14H,2-8,10H2,1H3,(H,21,22,25)/t14-/m1/s1. The molecular weight excluding hydrogens is 330 g/mol. The van der Waals surface area contributed by atoms with E-state index in [1.807, 2.05) is 22.7 Å². The maximum atomic E-state index is 13.0. The van der Waals surface area contributed by atoms with Crippen molar-refractivity contribution in [2.75, 3.05) is 6.54 Å². The number of aryl methyl sites for hydroxylation is 2. The first-order valence-corrected chi connectivity index (χ1v) is 9.50. The third-order valence-corrected chi connectivity index (χ3v) is 5.52. The highest BCUT2D eigenvalue weighted by molar-refractivity contribution is 5.93. The highest BCUT2D eigenvalue weighted by Crippen LogP contribution is 2.37. The molecule has 1 N–H and O–H groups in total. The number of piperidine rings is 1. The van der Waals surface area contributed by atoms with Gasteiger partial charge in [-0.2, -0.15) is 0 Å². The summed E-state index contributed by atoms with van der Waals surface area (Å²) in [6, 6.07) is 0.149. The van der Waals surface area contributed by atoms with Crippen LogP contribution in [-0.4, -0.2) is 42.9 Å². The normalized spacial score (nSPS) is 20.3. The molecule has 1 aliphatic heterocycles. The van der Waals surface area contributed by atoms with Gasteiger partial charge in [0.05, 0.1) is 0 Å². The van der Waals surface area contributed by atoms with Crippen molar-refractivity contribution in [2.24, 2.45) is 7.05 Å². The molecule has 7 heteroatoms. The van der Waals surface area contributed by atoms with Gasteiger partial charge in [-0.15, -0.1) is 0 Å². The number of carbonyl (C=O) groups is 1. The van der Waals surface area contributed by atoms with E-state index < -0.39 is 0 Å². The Labute approximate surface area is 152 Å². The van der Waals surface area contributed by atoms with Crippen LogP contribution in [0.3, 0.4) is 0 Å². The summed E-state index contributed by atoms with van der Waals surface area (Å²) in [5, 5.41) is 0. The van der Waals surface area contributed by atoms with Gasteiger partial charge in [-0.3, -0.25) is 9.59 Å². The number of hydrogen-bond acceptors (Lipinski definition) is 4. The van der Waals surface area contributed by atoms with Gasteiger partial charge in [-0.05, 0) is 38.5 Å². The van der Waals surface area contributed by atoms with Crippen LogP contribution in [0.1, 0.15) is 66.4 Å². The number of nitrogens with one attached hydrogen (secondary N) is 1. The van der Waals surface area contributed by atoms with Crippen LogP contribution in [0, 0.1) is 0 Å². The fourth-order valence-electron chi connectivity index (χ4n) is 3.78. The molecule has 7 nitrogen and oxygen atoms in total. The molecule has 1 saturated heterocycles. The second kappa shape index (κ2) is 7.05. The van der Waals surface area contributed by atoms with Crippen molar-refractivity contribution < 1.29 is 4.79 Å². The number of rotatable bonds is 5. The van der Waals surface area contributed by atoms with Gasteiger partial charge < -0.3 is 14.5 Å². The zero-order valence-corrected chi connectivity index (χ0v) is 15.1. The third kappa shape index (κ3) is 3.43. The second-order valence-corrected chi connectivity index (χ2v) is 7.43. The number of aromatic amines is 1. The summed E-state index contributed by atoms with van der Waals surface area (Å²) in [4.78, 5) is 38.8. The van der Waals surface area contributed by atoms with Gasteiger partial charge in [0.2, 0.25) is 0 Å². The summed E-state index contributed by atoms with van der Waals surface area (Å²) < 4.78 is 2.01. The number of hydrogen-bond donors (Lipinski definition) is 1. The zero-order chi connectivity index (χ0) is 18.1. The van der Waals surface area contributed by atoms with E-state index in [0.717, 1.165) is 56.6 Å². The summed E-state index contributed by atoms with van der Waals surface area (Å²) in [5.41, 5.74) is -0.140. The number of nitrogens with zero attached hydrogens (tertiary/aromatic N) is 4. The average Bonchev–Trinajstić information content (AvgIpc) is 3.42. The van der Waals surface area contributed by atoms with Crippen molar-refractivity contribution in [1.29, 1.82) is 0 Å². The van der Waals surface area contributed by atoms with Gasteiger partial charge in [0.15, 0.2) is 0 Å². The molecule has 1 atom stereocenters. The summed E-state index contributed by atoms with van der Waals surface area (Å²) in [7, 11) is 1.98. The molecule has 0 bridgehead atoms. The zero-order valence-electron chi connectivity index (χ0n) is 15.1. The summed E-state index contributed by atoms with van der Waals surface area (Å²) in [6.07, 6.45) is 12.1. The Bertz CT molecular complexity index is 852. The van der Waals surface area contributed by atoms with Crippen LogP contribution in [0.2, 0.25) is 0 Å². The molecule has 0 aromatic carbocycles. The van der Waals surface area contributed by atoms with E-state index in [9.17, 15) is 9.59 Å². The molecule has 1 amide bonds. The maximum Gasteiger partial charge on any atom is 0.263 e. The molecule has 0 spiro atoms. The molecule has 2 fully saturated rings. The fourth-order valence-corrected chi connectivity index (χ4v) is 3.78. The minimum atomic E-state index is -0.305. The second-order valence-electron chi connectivity index (χ2n) is 7.43. The lowest BCUT2D eigenvalue weighted by molar-refractivity contribution is 0.0598. The molecule has 2 aliphatic rings. The van der Waals surface area contributed by atoms with Crippen LogP contribution in [-0.2, 0) is 13.5 Å². The first kappa shape index (κ1) is 17.0. The van der Waals surface area contributed by atoms with E-state index in [1.165, 1.54) is 6.20 Å². The maximum absolute atomic E-state index is 13.0. The smallest absolute Gasteiger partial charge is 0.263 e. The molecule has 0 unspecified atom stereocenters. The van der Waals surface area contributed by atoms with Gasteiger partial charge in [0, 0.05) is 50.6 Å². The van der Waals surface area contributed by atoms with E-state index in [-0.39, 0.29) is 23.1 Å². The number of amides is 1. The van der Waals surface area contributed by atoms with Gasteiger partial charge in [-0.1, -0.05) is 0 Å². The average molecular weight is 355 g/mol. The number of H-pyrrole nitrogens is 1. The van der Waals surface area contributed by atoms with E-state index in [4.69, 9.17) is 0 Å². The topological polar surface area (TPSA) is 83.9 Å². The van der Waals surface area contributed by atoms with Gasteiger partial charge in [-0.25, -0.2) is 9.97 Å². The van der Waals surface area contributed by atoms with Crippen molar-refractivity contribution >= 4 is 5.91 Å². The SMILES string of the molecule is Cn1ccnc1CC[C@H]1CCCCN1C(=O)c1cnc(C2CC2)[nH]c1=O. The summed E-state index contributed by atoms with van der Waals surface area (Å²) in [6.45, 7) is 0.702. The van der Waals surface area contributed by atoms with Crippen LogP contribution in [0.25, 0.3) is 0 Å². The van der Waals surface area contributed by atoms with E-state index in [2.05, 4.69) is 15.0 Å². The van der Waals surface area contributed by atoms with Crippen molar-refractivity contribution in [3.05, 3.63) is 46.2 Å². The van der Waals surface area contributed by atoms with Crippen molar-refractivity contribution in [3.63, 3.8) is 0 Å². The Balaban J connectivity index is 1.49. The minimum Gasteiger partial charge on any atom is -0.338 e. The van der Waals surface area contributed by atoms with Gasteiger partial charge >= 0.3 is 0 Å². The van der Waals surface area contributed by atoms with Crippen molar-refractivity contribution in [2.45, 2.75) is 56.9 Å². The number of imidazole rings is 1. The molecule has 3 heterocycles. The lowest BCUT2D eigenvalue weighted by Crippen LogP contribution is -2.45. The molecule has 138 valence electrons.